The van der Waals surface area contributed by atoms with E-state index in [0.717, 1.165) is 0 Å². The Bertz CT molecular complexity index is 850. The topological polar surface area (TPSA) is 120 Å². The SMILES string of the molecule is CCOc1cc(-c2nc(N)nc(N)c2C#N)c(Br)c(Br)c1OC(C)C. The summed E-state index contributed by atoms with van der Waals surface area (Å²) < 4.78 is 12.8. The van der Waals surface area contributed by atoms with E-state index in [0.29, 0.717) is 38.3 Å². The summed E-state index contributed by atoms with van der Waals surface area (Å²) in [5.74, 6) is 1.07. The first-order valence-corrected chi connectivity index (χ1v) is 9.03. The number of nitrogen functional groups attached to an aromatic ring is 2. The zero-order valence-corrected chi connectivity index (χ0v) is 17.1. The highest BCUT2D eigenvalue weighted by atomic mass is 79.9. The van der Waals surface area contributed by atoms with Crippen molar-refractivity contribution < 1.29 is 9.47 Å². The van der Waals surface area contributed by atoms with E-state index in [1.165, 1.54) is 0 Å². The average Bonchev–Trinajstić information content (AvgIpc) is 2.53. The average molecular weight is 471 g/mol. The largest absolute Gasteiger partial charge is 0.490 e. The number of hydrogen-bond acceptors (Lipinski definition) is 7. The van der Waals surface area contributed by atoms with E-state index in [1.807, 2.05) is 26.8 Å². The summed E-state index contributed by atoms with van der Waals surface area (Å²) in [6.45, 7) is 6.16. The third kappa shape index (κ3) is 3.96. The van der Waals surface area contributed by atoms with Crippen molar-refractivity contribution in [2.24, 2.45) is 0 Å². The minimum atomic E-state index is -0.0479. The molecule has 7 nitrogen and oxygen atoms in total. The molecule has 0 bridgehead atoms. The van der Waals surface area contributed by atoms with Gasteiger partial charge in [-0.25, -0.2) is 4.98 Å². The van der Waals surface area contributed by atoms with E-state index < -0.39 is 0 Å². The molecule has 9 heteroatoms. The first kappa shape index (κ1) is 19.3. The first-order valence-electron chi connectivity index (χ1n) is 7.45. The summed E-state index contributed by atoms with van der Waals surface area (Å²) in [4.78, 5) is 8.02. The van der Waals surface area contributed by atoms with Crippen LogP contribution >= 0.6 is 31.9 Å². The van der Waals surface area contributed by atoms with Gasteiger partial charge in [0.25, 0.3) is 0 Å². The van der Waals surface area contributed by atoms with Crippen LogP contribution < -0.4 is 20.9 Å². The number of nitriles is 1. The van der Waals surface area contributed by atoms with Crippen molar-refractivity contribution >= 4 is 43.6 Å². The van der Waals surface area contributed by atoms with Crippen LogP contribution in [0.5, 0.6) is 11.5 Å². The van der Waals surface area contributed by atoms with Crippen molar-refractivity contribution in [3.05, 3.63) is 20.6 Å². The molecule has 1 heterocycles. The van der Waals surface area contributed by atoms with Crippen molar-refractivity contribution in [2.45, 2.75) is 26.9 Å². The number of aromatic nitrogens is 2. The smallest absolute Gasteiger partial charge is 0.222 e. The maximum atomic E-state index is 9.42. The third-order valence-corrected chi connectivity index (χ3v) is 5.21. The van der Waals surface area contributed by atoms with Crippen molar-refractivity contribution in [1.29, 1.82) is 5.26 Å². The van der Waals surface area contributed by atoms with Gasteiger partial charge in [-0.2, -0.15) is 10.2 Å². The fourth-order valence-corrected chi connectivity index (χ4v) is 3.15. The number of nitrogens with zero attached hydrogens (tertiary/aromatic N) is 3. The second-order valence-corrected chi connectivity index (χ2v) is 6.87. The van der Waals surface area contributed by atoms with Crippen molar-refractivity contribution in [3.63, 3.8) is 0 Å². The van der Waals surface area contributed by atoms with Gasteiger partial charge in [0.05, 0.1) is 22.9 Å². The van der Waals surface area contributed by atoms with Gasteiger partial charge in [0, 0.05) is 10.0 Å². The highest BCUT2D eigenvalue weighted by molar-refractivity contribution is 9.13. The number of halogens is 2. The molecule has 25 heavy (non-hydrogen) atoms. The zero-order valence-electron chi connectivity index (χ0n) is 13.9. The van der Waals surface area contributed by atoms with Crippen LogP contribution in [0.1, 0.15) is 26.3 Å². The Hall–Kier alpha value is -2.05. The molecular formula is C16H17Br2N5O2. The highest BCUT2D eigenvalue weighted by Gasteiger charge is 2.23. The molecule has 4 N–H and O–H groups in total. The molecule has 0 saturated carbocycles. The predicted molar refractivity (Wildman–Crippen MR) is 103 cm³/mol. The lowest BCUT2D eigenvalue weighted by atomic mass is 10.1. The maximum absolute atomic E-state index is 9.42. The predicted octanol–water partition coefficient (Wildman–Crippen LogP) is 3.89. The summed E-state index contributed by atoms with van der Waals surface area (Å²) in [7, 11) is 0. The summed E-state index contributed by atoms with van der Waals surface area (Å²) in [6, 6.07) is 3.76. The fraction of sp³-hybridized carbons (Fsp3) is 0.312. The van der Waals surface area contributed by atoms with Gasteiger partial charge in [-0.15, -0.1) is 0 Å². The van der Waals surface area contributed by atoms with Crippen molar-refractivity contribution in [3.8, 4) is 28.8 Å². The summed E-state index contributed by atoms with van der Waals surface area (Å²) in [6.07, 6.45) is -0.0479. The van der Waals surface area contributed by atoms with Gasteiger partial charge in [-0.3, -0.25) is 0 Å². The Labute approximate surface area is 162 Å². The highest BCUT2D eigenvalue weighted by Crippen LogP contribution is 2.47. The molecule has 0 atom stereocenters. The van der Waals surface area contributed by atoms with Crippen LogP contribution in [0.2, 0.25) is 0 Å². The lowest BCUT2D eigenvalue weighted by Gasteiger charge is -2.19. The van der Waals surface area contributed by atoms with Crippen LogP contribution in [0.15, 0.2) is 15.0 Å². The van der Waals surface area contributed by atoms with Gasteiger partial charge in [-0.05, 0) is 58.7 Å². The Morgan fingerprint density at radius 2 is 1.92 bits per heavy atom. The number of nitrogens with two attached hydrogens (primary N) is 2. The van der Waals surface area contributed by atoms with E-state index in [-0.39, 0.29) is 23.4 Å². The molecular weight excluding hydrogens is 454 g/mol. The number of ether oxygens (including phenoxy) is 2. The molecule has 0 spiro atoms. The molecule has 0 aliphatic carbocycles. The molecule has 1 aromatic carbocycles. The van der Waals surface area contributed by atoms with Crippen molar-refractivity contribution in [1.82, 2.24) is 9.97 Å². The molecule has 0 radical (unpaired) electrons. The van der Waals surface area contributed by atoms with E-state index >= 15 is 0 Å². The number of hydrogen-bond donors (Lipinski definition) is 2. The number of anilines is 2. The van der Waals surface area contributed by atoms with Crippen LogP contribution in [0, 0.1) is 11.3 Å². The maximum Gasteiger partial charge on any atom is 0.222 e. The van der Waals surface area contributed by atoms with Crippen molar-refractivity contribution in [2.75, 3.05) is 18.1 Å². The van der Waals surface area contributed by atoms with E-state index in [1.54, 1.807) is 6.07 Å². The number of benzene rings is 1. The van der Waals surface area contributed by atoms with Gasteiger partial charge in [-0.1, -0.05) is 0 Å². The quantitative estimate of drug-likeness (QED) is 0.679. The van der Waals surface area contributed by atoms with Crippen LogP contribution in [0.25, 0.3) is 11.3 Å². The molecule has 0 aliphatic heterocycles. The Morgan fingerprint density at radius 3 is 2.48 bits per heavy atom. The van der Waals surface area contributed by atoms with Crippen LogP contribution in [-0.2, 0) is 0 Å². The molecule has 0 saturated heterocycles. The van der Waals surface area contributed by atoms with E-state index in [2.05, 4.69) is 41.8 Å². The van der Waals surface area contributed by atoms with Gasteiger partial charge < -0.3 is 20.9 Å². The third-order valence-electron chi connectivity index (χ3n) is 3.10. The van der Waals surface area contributed by atoms with Gasteiger partial charge >= 0.3 is 0 Å². The normalized spacial score (nSPS) is 10.6. The molecule has 0 fully saturated rings. The minimum Gasteiger partial charge on any atom is -0.490 e. The van der Waals surface area contributed by atoms with Gasteiger partial charge in [0.15, 0.2) is 11.5 Å². The Kier molecular flexibility index (Phi) is 6.08. The lowest BCUT2D eigenvalue weighted by molar-refractivity contribution is 0.222. The first-order chi connectivity index (χ1) is 11.8. The Morgan fingerprint density at radius 1 is 1.24 bits per heavy atom. The molecule has 0 amide bonds. The standard InChI is InChI=1S/C16H17Br2N5O2/c1-4-24-10-5-8(11(17)12(18)14(10)25-7(2)3)13-9(6-19)15(20)23-16(21)22-13/h5,7H,4H2,1-3H3,(H4,20,21,22,23). The summed E-state index contributed by atoms with van der Waals surface area (Å²) >= 11 is 7.04. The molecule has 0 unspecified atom stereocenters. The molecule has 132 valence electrons. The second-order valence-electron chi connectivity index (χ2n) is 5.28. The number of rotatable bonds is 5. The monoisotopic (exact) mass is 469 g/mol. The second kappa shape index (κ2) is 7.89. The molecule has 2 aromatic rings. The minimum absolute atomic E-state index is 0.0185. The van der Waals surface area contributed by atoms with E-state index in [9.17, 15) is 5.26 Å². The van der Waals surface area contributed by atoms with Crippen LogP contribution in [0.3, 0.4) is 0 Å². The van der Waals surface area contributed by atoms with E-state index in [4.69, 9.17) is 20.9 Å². The Balaban J connectivity index is 2.78. The van der Waals surface area contributed by atoms with Crippen LogP contribution in [0.4, 0.5) is 11.8 Å². The van der Waals surface area contributed by atoms with Crippen LogP contribution in [-0.4, -0.2) is 22.7 Å². The molecule has 1 aromatic heterocycles. The van der Waals surface area contributed by atoms with Gasteiger partial charge in [0.1, 0.15) is 17.5 Å². The zero-order chi connectivity index (χ0) is 18.7. The summed E-state index contributed by atoms with van der Waals surface area (Å²) in [5, 5.41) is 9.42. The fourth-order valence-electron chi connectivity index (χ4n) is 2.17. The van der Waals surface area contributed by atoms with Gasteiger partial charge in [0.2, 0.25) is 5.95 Å². The summed E-state index contributed by atoms with van der Waals surface area (Å²) in [5.41, 5.74) is 12.6. The lowest BCUT2D eigenvalue weighted by Crippen LogP contribution is -2.09. The molecule has 2 rings (SSSR count). The molecule has 0 aliphatic rings.